The van der Waals surface area contributed by atoms with Gasteiger partial charge in [0.15, 0.2) is 0 Å². The van der Waals surface area contributed by atoms with Crippen molar-refractivity contribution >= 4 is 11.8 Å². The normalized spacial score (nSPS) is 15.6. The Bertz CT molecular complexity index is 336. The van der Waals surface area contributed by atoms with Gasteiger partial charge in [-0.3, -0.25) is 0 Å². The molecular weight excluding hydrogens is 209 g/mol. The van der Waals surface area contributed by atoms with Crippen LogP contribution in [0.5, 0.6) is 0 Å². The molecule has 1 fully saturated rings. The Kier molecular flexibility index (Phi) is 3.65. The largest absolute Gasteiger partial charge is 0.310 e. The molecule has 0 bridgehead atoms. The van der Waals surface area contributed by atoms with Gasteiger partial charge in [0.25, 0.3) is 0 Å². The Hall–Kier alpha value is -0.540. The van der Waals surface area contributed by atoms with Gasteiger partial charge >= 0.3 is 0 Å². The Morgan fingerprint density at radius 1 is 1.40 bits per heavy atom. The van der Waals surface area contributed by atoms with E-state index in [4.69, 9.17) is 0 Å². The van der Waals surface area contributed by atoms with Crippen molar-refractivity contribution in [3.8, 4) is 0 Å². The van der Waals surface area contributed by atoms with E-state index in [-0.39, 0.29) is 5.82 Å². The number of halogens is 1. The van der Waals surface area contributed by atoms with E-state index in [1.165, 1.54) is 12.8 Å². The van der Waals surface area contributed by atoms with Crippen LogP contribution in [-0.2, 0) is 6.54 Å². The molecule has 1 saturated carbocycles. The van der Waals surface area contributed by atoms with Gasteiger partial charge in [0.2, 0.25) is 0 Å². The number of thioether (sulfide) groups is 1. The van der Waals surface area contributed by atoms with Crippen LogP contribution in [0, 0.1) is 5.82 Å². The average molecular weight is 225 g/mol. The third-order valence-electron chi connectivity index (χ3n) is 2.41. The zero-order valence-electron chi connectivity index (χ0n) is 8.92. The van der Waals surface area contributed by atoms with Crippen molar-refractivity contribution in [2.75, 3.05) is 5.75 Å². The second-order valence-corrected chi connectivity index (χ2v) is 5.22. The maximum Gasteiger partial charge on any atom is 0.124 e. The van der Waals surface area contributed by atoms with Gasteiger partial charge in [-0.15, -0.1) is 11.8 Å². The van der Waals surface area contributed by atoms with Crippen molar-refractivity contribution in [2.45, 2.75) is 37.2 Å². The number of benzene rings is 1. The fourth-order valence-corrected chi connectivity index (χ4v) is 2.29. The topological polar surface area (TPSA) is 12.0 Å². The summed E-state index contributed by atoms with van der Waals surface area (Å²) in [5, 5.41) is 3.39. The van der Waals surface area contributed by atoms with Crippen molar-refractivity contribution in [3.05, 3.63) is 29.6 Å². The minimum absolute atomic E-state index is 0.124. The lowest BCUT2D eigenvalue weighted by molar-refractivity contribution is 0.615. The molecule has 0 aliphatic heterocycles. The molecule has 0 aromatic heterocycles. The summed E-state index contributed by atoms with van der Waals surface area (Å²) in [6.07, 6.45) is 2.54. The summed E-state index contributed by atoms with van der Waals surface area (Å²) >= 11 is 1.69. The first-order valence-electron chi connectivity index (χ1n) is 5.43. The summed E-state index contributed by atoms with van der Waals surface area (Å²) in [5.41, 5.74) is 1.05. The first kappa shape index (κ1) is 11.0. The highest BCUT2D eigenvalue weighted by Gasteiger charge is 2.19. The smallest absolute Gasteiger partial charge is 0.124 e. The maximum absolute atomic E-state index is 13.2. The Balaban J connectivity index is 2.00. The van der Waals surface area contributed by atoms with E-state index in [1.54, 1.807) is 23.9 Å². The number of rotatable bonds is 5. The minimum atomic E-state index is -0.124. The third kappa shape index (κ3) is 3.50. The van der Waals surface area contributed by atoms with Gasteiger partial charge in [-0.1, -0.05) is 6.92 Å². The number of hydrogen-bond acceptors (Lipinski definition) is 2. The van der Waals surface area contributed by atoms with Gasteiger partial charge < -0.3 is 5.32 Å². The molecule has 0 spiro atoms. The van der Waals surface area contributed by atoms with E-state index >= 15 is 0 Å². The van der Waals surface area contributed by atoms with E-state index in [9.17, 15) is 4.39 Å². The SMILES string of the molecule is CCSc1cc(F)cc(CNC2CC2)c1. The molecule has 0 atom stereocenters. The summed E-state index contributed by atoms with van der Waals surface area (Å²) in [7, 11) is 0. The van der Waals surface area contributed by atoms with Crippen molar-refractivity contribution < 1.29 is 4.39 Å². The summed E-state index contributed by atoms with van der Waals surface area (Å²) in [6.45, 7) is 2.87. The van der Waals surface area contributed by atoms with Crippen LogP contribution < -0.4 is 5.32 Å². The highest BCUT2D eigenvalue weighted by Crippen LogP contribution is 2.22. The Morgan fingerprint density at radius 2 is 2.20 bits per heavy atom. The molecule has 0 heterocycles. The molecule has 82 valence electrons. The van der Waals surface area contributed by atoms with Gasteiger partial charge in [-0.25, -0.2) is 4.39 Å². The molecule has 1 aliphatic rings. The second-order valence-electron chi connectivity index (χ2n) is 3.88. The molecule has 1 aromatic rings. The first-order chi connectivity index (χ1) is 7.28. The summed E-state index contributed by atoms with van der Waals surface area (Å²) in [6, 6.07) is 5.98. The van der Waals surface area contributed by atoms with Crippen LogP contribution in [0.1, 0.15) is 25.3 Å². The lowest BCUT2D eigenvalue weighted by Gasteiger charge is -2.06. The molecular formula is C12H16FNS. The quantitative estimate of drug-likeness (QED) is 0.772. The first-order valence-corrected chi connectivity index (χ1v) is 6.42. The zero-order chi connectivity index (χ0) is 10.7. The molecule has 0 amide bonds. The van der Waals surface area contributed by atoms with Crippen LogP contribution in [0.15, 0.2) is 23.1 Å². The molecule has 1 aliphatic carbocycles. The minimum Gasteiger partial charge on any atom is -0.310 e. The predicted octanol–water partition coefficient (Wildman–Crippen LogP) is 3.19. The van der Waals surface area contributed by atoms with E-state index in [2.05, 4.69) is 18.3 Å². The van der Waals surface area contributed by atoms with Crippen molar-refractivity contribution in [2.24, 2.45) is 0 Å². The van der Waals surface area contributed by atoms with Crippen molar-refractivity contribution in [1.82, 2.24) is 5.32 Å². The van der Waals surface area contributed by atoms with E-state index < -0.39 is 0 Å². The standard InChI is InChI=1S/C12H16FNS/c1-2-15-12-6-9(5-10(13)7-12)8-14-11-3-4-11/h5-7,11,14H,2-4,8H2,1H3. The average Bonchev–Trinajstić information content (AvgIpc) is 2.98. The highest BCUT2D eigenvalue weighted by atomic mass is 32.2. The summed E-state index contributed by atoms with van der Waals surface area (Å²) in [4.78, 5) is 1.03. The lowest BCUT2D eigenvalue weighted by atomic mass is 10.2. The molecule has 0 saturated heterocycles. The molecule has 1 nitrogen and oxygen atoms in total. The van der Waals surface area contributed by atoms with Crippen LogP contribution in [0.4, 0.5) is 4.39 Å². The number of nitrogens with one attached hydrogen (secondary N) is 1. The maximum atomic E-state index is 13.2. The third-order valence-corrected chi connectivity index (χ3v) is 3.27. The van der Waals surface area contributed by atoms with Gasteiger partial charge in [0, 0.05) is 17.5 Å². The van der Waals surface area contributed by atoms with Gasteiger partial charge in [0.1, 0.15) is 5.82 Å². The van der Waals surface area contributed by atoms with Crippen LogP contribution in [-0.4, -0.2) is 11.8 Å². The van der Waals surface area contributed by atoms with Gasteiger partial charge in [-0.2, -0.15) is 0 Å². The summed E-state index contributed by atoms with van der Waals surface area (Å²) in [5.74, 6) is 0.861. The molecule has 1 N–H and O–H groups in total. The molecule has 0 unspecified atom stereocenters. The zero-order valence-corrected chi connectivity index (χ0v) is 9.74. The summed E-state index contributed by atoms with van der Waals surface area (Å²) < 4.78 is 13.2. The van der Waals surface area contributed by atoms with E-state index in [0.717, 1.165) is 22.8 Å². The molecule has 0 radical (unpaired) electrons. The van der Waals surface area contributed by atoms with Crippen LogP contribution in [0.2, 0.25) is 0 Å². The van der Waals surface area contributed by atoms with E-state index in [1.807, 2.05) is 0 Å². The van der Waals surface area contributed by atoms with Gasteiger partial charge in [-0.05, 0) is 42.4 Å². The monoisotopic (exact) mass is 225 g/mol. The molecule has 15 heavy (non-hydrogen) atoms. The van der Waals surface area contributed by atoms with Crippen LogP contribution in [0.3, 0.4) is 0 Å². The Labute approximate surface area is 94.5 Å². The fraction of sp³-hybridized carbons (Fsp3) is 0.500. The second kappa shape index (κ2) is 4.99. The highest BCUT2D eigenvalue weighted by molar-refractivity contribution is 7.99. The van der Waals surface area contributed by atoms with Crippen LogP contribution in [0.25, 0.3) is 0 Å². The molecule has 1 aromatic carbocycles. The fourth-order valence-electron chi connectivity index (χ4n) is 1.52. The lowest BCUT2D eigenvalue weighted by Crippen LogP contribution is -2.15. The molecule has 3 heteroatoms. The van der Waals surface area contributed by atoms with Crippen LogP contribution >= 0.6 is 11.8 Å². The van der Waals surface area contributed by atoms with Crippen molar-refractivity contribution in [3.63, 3.8) is 0 Å². The Morgan fingerprint density at radius 3 is 2.87 bits per heavy atom. The van der Waals surface area contributed by atoms with E-state index in [0.29, 0.717) is 6.04 Å². The molecule has 2 rings (SSSR count). The predicted molar refractivity (Wildman–Crippen MR) is 62.7 cm³/mol. The number of hydrogen-bond donors (Lipinski definition) is 1. The van der Waals surface area contributed by atoms with Gasteiger partial charge in [0.05, 0.1) is 0 Å². The van der Waals surface area contributed by atoms with Crippen molar-refractivity contribution in [1.29, 1.82) is 0 Å².